The summed E-state index contributed by atoms with van der Waals surface area (Å²) in [5, 5.41) is 0. The Kier molecular flexibility index (Phi) is 2.91. The zero-order chi connectivity index (χ0) is 12.4. The number of nitrogen functional groups attached to an aromatic ring is 1. The Labute approximate surface area is 98.9 Å². The number of ketones is 1. The predicted octanol–water partition coefficient (Wildman–Crippen LogP) is 2.95. The molecule has 0 saturated heterocycles. The molecule has 0 fully saturated rings. The molecule has 0 aliphatic rings. The van der Waals surface area contributed by atoms with Crippen LogP contribution in [0.5, 0.6) is 0 Å². The number of nitrogens with two attached hydrogens (primary N) is 1. The van der Waals surface area contributed by atoms with Crippen LogP contribution in [0.25, 0.3) is 0 Å². The Balaban J connectivity index is 2.43. The quantitative estimate of drug-likeness (QED) is 0.635. The van der Waals surface area contributed by atoms with Gasteiger partial charge in [-0.15, -0.1) is 0 Å². The lowest BCUT2D eigenvalue weighted by atomic mass is 10.0. The molecule has 0 heterocycles. The highest BCUT2D eigenvalue weighted by Crippen LogP contribution is 2.16. The van der Waals surface area contributed by atoms with Gasteiger partial charge in [0, 0.05) is 11.3 Å². The summed E-state index contributed by atoms with van der Waals surface area (Å²) in [6.07, 6.45) is 0. The van der Waals surface area contributed by atoms with Gasteiger partial charge in [-0.05, 0) is 43.3 Å². The van der Waals surface area contributed by atoms with Crippen molar-refractivity contribution >= 4 is 11.5 Å². The zero-order valence-corrected chi connectivity index (χ0v) is 9.41. The van der Waals surface area contributed by atoms with E-state index in [1.165, 1.54) is 6.07 Å². The maximum absolute atomic E-state index is 13.5. The van der Waals surface area contributed by atoms with Crippen molar-refractivity contribution in [3.05, 3.63) is 65.0 Å². The molecular formula is C14H12FNO. The number of anilines is 1. The summed E-state index contributed by atoms with van der Waals surface area (Å²) in [4.78, 5) is 12.0. The molecule has 3 heteroatoms. The highest BCUT2D eigenvalue weighted by atomic mass is 19.1. The fraction of sp³-hybridized carbons (Fsp3) is 0.0714. The minimum Gasteiger partial charge on any atom is -0.399 e. The van der Waals surface area contributed by atoms with Crippen LogP contribution in [0.15, 0.2) is 42.5 Å². The maximum Gasteiger partial charge on any atom is 0.195 e. The second-order valence-corrected chi connectivity index (χ2v) is 3.93. The fourth-order valence-electron chi connectivity index (χ4n) is 1.60. The van der Waals surface area contributed by atoms with Crippen molar-refractivity contribution in [1.82, 2.24) is 0 Å². The van der Waals surface area contributed by atoms with Gasteiger partial charge < -0.3 is 5.73 Å². The average Bonchev–Trinajstić information content (AvgIpc) is 2.32. The lowest BCUT2D eigenvalue weighted by Gasteiger charge is -2.04. The van der Waals surface area contributed by atoms with Gasteiger partial charge in [0.05, 0.1) is 5.56 Å². The zero-order valence-electron chi connectivity index (χ0n) is 9.41. The monoisotopic (exact) mass is 229 g/mol. The molecule has 0 radical (unpaired) electrons. The second-order valence-electron chi connectivity index (χ2n) is 3.93. The molecule has 2 nitrogen and oxygen atoms in total. The summed E-state index contributed by atoms with van der Waals surface area (Å²) in [7, 11) is 0. The predicted molar refractivity (Wildman–Crippen MR) is 65.4 cm³/mol. The molecule has 0 aliphatic heterocycles. The van der Waals surface area contributed by atoms with Crippen molar-refractivity contribution < 1.29 is 9.18 Å². The van der Waals surface area contributed by atoms with Gasteiger partial charge in [0.1, 0.15) is 5.82 Å². The number of aryl methyl sites for hydroxylation is 1. The van der Waals surface area contributed by atoms with Gasteiger partial charge >= 0.3 is 0 Å². The number of benzene rings is 2. The third-order valence-corrected chi connectivity index (χ3v) is 2.54. The van der Waals surface area contributed by atoms with Crippen LogP contribution in [-0.2, 0) is 0 Å². The van der Waals surface area contributed by atoms with E-state index in [0.717, 1.165) is 5.56 Å². The van der Waals surface area contributed by atoms with Crippen molar-refractivity contribution in [2.75, 3.05) is 5.73 Å². The maximum atomic E-state index is 13.5. The van der Waals surface area contributed by atoms with E-state index >= 15 is 0 Å². The van der Waals surface area contributed by atoms with Crippen molar-refractivity contribution in [2.24, 2.45) is 0 Å². The molecule has 0 aromatic heterocycles. The fourth-order valence-corrected chi connectivity index (χ4v) is 1.60. The first kappa shape index (κ1) is 11.3. The van der Waals surface area contributed by atoms with Crippen molar-refractivity contribution in [3.63, 3.8) is 0 Å². The summed E-state index contributed by atoms with van der Waals surface area (Å²) in [6, 6.07) is 10.9. The normalized spacial score (nSPS) is 10.2. The third kappa shape index (κ3) is 2.33. The molecule has 0 aliphatic carbocycles. The van der Waals surface area contributed by atoms with Gasteiger partial charge in [-0.2, -0.15) is 0 Å². The van der Waals surface area contributed by atoms with Gasteiger partial charge in [-0.3, -0.25) is 4.79 Å². The Morgan fingerprint density at radius 1 is 1.12 bits per heavy atom. The van der Waals surface area contributed by atoms with E-state index in [4.69, 9.17) is 5.73 Å². The first-order chi connectivity index (χ1) is 8.08. The lowest BCUT2D eigenvalue weighted by molar-refractivity contribution is 0.103. The standard InChI is InChI=1S/C14H12FNO/c1-9-2-7-13(15)12(8-9)14(17)10-3-5-11(16)6-4-10/h2-8H,16H2,1H3. The van der Waals surface area contributed by atoms with Crippen molar-refractivity contribution in [1.29, 1.82) is 0 Å². The number of hydrogen-bond acceptors (Lipinski definition) is 2. The Bertz CT molecular complexity index is 561. The van der Waals surface area contributed by atoms with Gasteiger partial charge in [0.2, 0.25) is 0 Å². The van der Waals surface area contributed by atoms with E-state index in [2.05, 4.69) is 0 Å². The molecule has 17 heavy (non-hydrogen) atoms. The molecule has 0 spiro atoms. The Morgan fingerprint density at radius 3 is 2.41 bits per heavy atom. The summed E-state index contributed by atoms with van der Waals surface area (Å²) < 4.78 is 13.5. The number of halogens is 1. The van der Waals surface area contributed by atoms with Crippen LogP contribution in [0.1, 0.15) is 21.5 Å². The molecule has 0 atom stereocenters. The van der Waals surface area contributed by atoms with Crippen LogP contribution in [0, 0.1) is 12.7 Å². The first-order valence-electron chi connectivity index (χ1n) is 5.24. The van der Waals surface area contributed by atoms with E-state index in [-0.39, 0.29) is 11.3 Å². The highest BCUT2D eigenvalue weighted by Gasteiger charge is 2.13. The number of carbonyl (C=O) groups is 1. The minimum absolute atomic E-state index is 0.0924. The second kappa shape index (κ2) is 4.37. The third-order valence-electron chi connectivity index (χ3n) is 2.54. The molecule has 0 amide bonds. The Morgan fingerprint density at radius 2 is 1.76 bits per heavy atom. The summed E-state index contributed by atoms with van der Waals surface area (Å²) in [6.45, 7) is 1.82. The molecule has 2 aromatic carbocycles. The minimum atomic E-state index is -0.502. The largest absolute Gasteiger partial charge is 0.399 e. The molecular weight excluding hydrogens is 217 g/mol. The number of carbonyl (C=O) groups excluding carboxylic acids is 1. The molecule has 0 saturated carbocycles. The van der Waals surface area contributed by atoms with E-state index in [9.17, 15) is 9.18 Å². The summed E-state index contributed by atoms with van der Waals surface area (Å²) in [5.41, 5.74) is 7.49. The van der Waals surface area contributed by atoms with Crippen molar-refractivity contribution in [3.8, 4) is 0 Å². The van der Waals surface area contributed by atoms with E-state index in [1.807, 2.05) is 6.92 Å². The SMILES string of the molecule is Cc1ccc(F)c(C(=O)c2ccc(N)cc2)c1. The van der Waals surface area contributed by atoms with Crippen LogP contribution in [0.3, 0.4) is 0 Å². The number of rotatable bonds is 2. The van der Waals surface area contributed by atoms with E-state index in [0.29, 0.717) is 11.3 Å². The van der Waals surface area contributed by atoms with Gasteiger partial charge in [0.15, 0.2) is 5.78 Å². The van der Waals surface area contributed by atoms with E-state index in [1.54, 1.807) is 36.4 Å². The van der Waals surface area contributed by atoms with Gasteiger partial charge in [-0.1, -0.05) is 11.6 Å². The topological polar surface area (TPSA) is 43.1 Å². The summed E-state index contributed by atoms with van der Waals surface area (Å²) >= 11 is 0. The molecule has 86 valence electrons. The molecule has 2 N–H and O–H groups in total. The van der Waals surface area contributed by atoms with Crippen LogP contribution in [-0.4, -0.2) is 5.78 Å². The smallest absolute Gasteiger partial charge is 0.195 e. The highest BCUT2D eigenvalue weighted by molar-refractivity contribution is 6.09. The lowest BCUT2D eigenvalue weighted by Crippen LogP contribution is -2.04. The Hall–Kier alpha value is -2.16. The molecule has 0 bridgehead atoms. The molecule has 0 unspecified atom stereocenters. The number of hydrogen-bond donors (Lipinski definition) is 1. The first-order valence-corrected chi connectivity index (χ1v) is 5.24. The molecule has 2 aromatic rings. The van der Waals surface area contributed by atoms with E-state index < -0.39 is 5.82 Å². The van der Waals surface area contributed by atoms with Crippen LogP contribution >= 0.6 is 0 Å². The van der Waals surface area contributed by atoms with Crippen LogP contribution < -0.4 is 5.73 Å². The van der Waals surface area contributed by atoms with Crippen LogP contribution in [0.4, 0.5) is 10.1 Å². The summed E-state index contributed by atoms with van der Waals surface area (Å²) in [5.74, 6) is -0.830. The molecule has 2 rings (SSSR count). The van der Waals surface area contributed by atoms with Gasteiger partial charge in [-0.25, -0.2) is 4.39 Å². The van der Waals surface area contributed by atoms with Gasteiger partial charge in [0.25, 0.3) is 0 Å². The van der Waals surface area contributed by atoms with Crippen LogP contribution in [0.2, 0.25) is 0 Å². The average molecular weight is 229 g/mol. The van der Waals surface area contributed by atoms with Crippen molar-refractivity contribution in [2.45, 2.75) is 6.92 Å².